The minimum Gasteiger partial charge on any atom is -0.504 e. The number of phenols is 1. The van der Waals surface area contributed by atoms with E-state index in [0.29, 0.717) is 5.75 Å². The molecule has 0 saturated carbocycles. The van der Waals surface area contributed by atoms with Crippen molar-refractivity contribution in [3.63, 3.8) is 0 Å². The van der Waals surface area contributed by atoms with Crippen LogP contribution < -0.4 is 4.74 Å². The van der Waals surface area contributed by atoms with Crippen molar-refractivity contribution in [2.45, 2.75) is 0 Å². The molecular weight excluding hydrogens is 242 g/mol. The second kappa shape index (κ2) is 4.27. The monoisotopic (exact) mass is 253 g/mol. The molecule has 5 heteroatoms. The Morgan fingerprint density at radius 2 is 2.19 bits per heavy atom. The van der Waals surface area contributed by atoms with E-state index >= 15 is 0 Å². The molecule has 0 atom stereocenters. The summed E-state index contributed by atoms with van der Waals surface area (Å²) in [6.07, 6.45) is 0. The zero-order valence-electron chi connectivity index (χ0n) is 8.93. The predicted molar refractivity (Wildman–Crippen MR) is 67.8 cm³/mol. The Morgan fingerprint density at radius 3 is 2.75 bits per heavy atom. The van der Waals surface area contributed by atoms with Crippen LogP contribution in [0.25, 0.3) is 11.3 Å². The van der Waals surface area contributed by atoms with Crippen LogP contribution in [0.5, 0.6) is 11.5 Å². The third-order valence-electron chi connectivity index (χ3n) is 2.38. The molecule has 1 aromatic carbocycles. The minimum absolute atomic E-state index is 0.141. The van der Waals surface area contributed by atoms with Crippen LogP contribution in [0.15, 0.2) is 23.6 Å². The van der Waals surface area contributed by atoms with E-state index in [4.69, 9.17) is 17.0 Å². The maximum Gasteiger partial charge on any atom is 0.161 e. The lowest BCUT2D eigenvalue weighted by Gasteiger charge is -2.07. The fourth-order valence-electron chi connectivity index (χ4n) is 1.46. The number of thiazole rings is 1. The summed E-state index contributed by atoms with van der Waals surface area (Å²) < 4.78 is 7.83. The third kappa shape index (κ3) is 1.83. The molecule has 84 valence electrons. The van der Waals surface area contributed by atoms with E-state index in [1.165, 1.54) is 18.4 Å². The molecule has 3 nitrogen and oxygen atoms in total. The molecule has 0 aliphatic carbocycles. The lowest BCUT2D eigenvalue weighted by Crippen LogP contribution is -1.91. The van der Waals surface area contributed by atoms with Gasteiger partial charge in [0.1, 0.15) is 0 Å². The Hall–Kier alpha value is -1.33. The lowest BCUT2D eigenvalue weighted by atomic mass is 10.1. The summed E-state index contributed by atoms with van der Waals surface area (Å²) in [4.78, 5) is 0. The van der Waals surface area contributed by atoms with Crippen molar-refractivity contribution >= 4 is 23.6 Å². The summed E-state index contributed by atoms with van der Waals surface area (Å²) in [6.45, 7) is 0. The van der Waals surface area contributed by atoms with Crippen molar-refractivity contribution in [3.05, 3.63) is 27.5 Å². The van der Waals surface area contributed by atoms with Crippen molar-refractivity contribution < 1.29 is 9.84 Å². The van der Waals surface area contributed by atoms with Gasteiger partial charge in [0, 0.05) is 18.0 Å². The van der Waals surface area contributed by atoms with Gasteiger partial charge >= 0.3 is 0 Å². The Balaban J connectivity index is 2.57. The lowest BCUT2D eigenvalue weighted by molar-refractivity contribution is 0.373. The molecule has 0 radical (unpaired) electrons. The zero-order valence-corrected chi connectivity index (χ0v) is 10.6. The predicted octanol–water partition coefficient (Wildman–Crippen LogP) is 3.20. The molecule has 0 saturated heterocycles. The molecule has 1 aromatic heterocycles. The fraction of sp³-hybridized carbons (Fsp3) is 0.182. The SMILES string of the molecule is COc1cc(-c2csc(=S)n2C)ccc1O. The highest BCUT2D eigenvalue weighted by Crippen LogP contribution is 2.32. The van der Waals surface area contributed by atoms with Crippen LogP contribution in [-0.2, 0) is 7.05 Å². The molecular formula is C11H11NO2S2. The molecule has 1 heterocycles. The van der Waals surface area contributed by atoms with Crippen molar-refractivity contribution in [2.75, 3.05) is 7.11 Å². The van der Waals surface area contributed by atoms with Gasteiger partial charge in [0.2, 0.25) is 0 Å². The quantitative estimate of drug-likeness (QED) is 0.835. The third-order valence-corrected chi connectivity index (χ3v) is 3.76. The molecule has 16 heavy (non-hydrogen) atoms. The van der Waals surface area contributed by atoms with Crippen LogP contribution in [-0.4, -0.2) is 16.8 Å². The molecule has 2 rings (SSSR count). The summed E-state index contributed by atoms with van der Waals surface area (Å²) in [5.41, 5.74) is 2.00. The first-order chi connectivity index (χ1) is 7.63. The second-order valence-electron chi connectivity index (χ2n) is 3.33. The molecule has 0 spiro atoms. The van der Waals surface area contributed by atoms with Crippen LogP contribution in [0.1, 0.15) is 0 Å². The van der Waals surface area contributed by atoms with Crippen LogP contribution in [0, 0.1) is 3.95 Å². The molecule has 0 bridgehead atoms. The standard InChI is InChI=1S/C11H11NO2S2/c1-12-8(6-16-11(12)15)7-3-4-9(13)10(5-7)14-2/h3-6,13H,1-2H3. The number of phenolic OH excluding ortho intramolecular Hbond substituents is 1. The molecule has 0 amide bonds. The largest absolute Gasteiger partial charge is 0.504 e. The molecule has 1 N–H and O–H groups in total. The smallest absolute Gasteiger partial charge is 0.161 e. The highest BCUT2D eigenvalue weighted by molar-refractivity contribution is 7.73. The van der Waals surface area contributed by atoms with Crippen molar-refractivity contribution in [1.29, 1.82) is 0 Å². The Morgan fingerprint density at radius 1 is 1.44 bits per heavy atom. The van der Waals surface area contributed by atoms with E-state index in [0.717, 1.165) is 15.2 Å². The maximum atomic E-state index is 9.51. The van der Waals surface area contributed by atoms with Gasteiger partial charge in [-0.1, -0.05) is 0 Å². The highest BCUT2D eigenvalue weighted by atomic mass is 32.1. The van der Waals surface area contributed by atoms with Gasteiger partial charge in [-0.05, 0) is 30.4 Å². The first-order valence-electron chi connectivity index (χ1n) is 4.65. The number of hydrogen-bond donors (Lipinski definition) is 1. The summed E-state index contributed by atoms with van der Waals surface area (Å²) in [6, 6.07) is 5.26. The van der Waals surface area contributed by atoms with Crippen molar-refractivity contribution in [2.24, 2.45) is 7.05 Å². The summed E-state index contributed by atoms with van der Waals surface area (Å²) in [5.74, 6) is 0.609. The van der Waals surface area contributed by atoms with E-state index in [1.54, 1.807) is 12.1 Å². The average molecular weight is 253 g/mol. The Bertz CT molecular complexity index is 572. The number of nitrogens with zero attached hydrogens (tertiary/aromatic N) is 1. The van der Waals surface area contributed by atoms with Crippen molar-refractivity contribution in [1.82, 2.24) is 4.57 Å². The number of rotatable bonds is 2. The van der Waals surface area contributed by atoms with Gasteiger partial charge < -0.3 is 14.4 Å². The van der Waals surface area contributed by atoms with E-state index in [-0.39, 0.29) is 5.75 Å². The number of aromatic nitrogens is 1. The summed E-state index contributed by atoms with van der Waals surface area (Å²) >= 11 is 6.68. The van der Waals surface area contributed by atoms with Crippen LogP contribution in [0.2, 0.25) is 0 Å². The Labute approximate surface area is 103 Å². The average Bonchev–Trinajstić information content (AvgIpc) is 2.61. The molecule has 0 unspecified atom stereocenters. The minimum atomic E-state index is 0.141. The summed E-state index contributed by atoms with van der Waals surface area (Å²) in [5, 5.41) is 11.5. The second-order valence-corrected chi connectivity index (χ2v) is 4.84. The van der Waals surface area contributed by atoms with E-state index in [9.17, 15) is 5.11 Å². The number of methoxy groups -OCH3 is 1. The first-order valence-corrected chi connectivity index (χ1v) is 5.94. The maximum absolute atomic E-state index is 9.51. The first kappa shape index (κ1) is 11.2. The molecule has 0 aliphatic heterocycles. The topological polar surface area (TPSA) is 34.4 Å². The number of aromatic hydroxyl groups is 1. The molecule has 2 aromatic rings. The van der Waals surface area contributed by atoms with Crippen LogP contribution in [0.3, 0.4) is 0 Å². The van der Waals surface area contributed by atoms with Gasteiger partial charge in [0.05, 0.1) is 12.8 Å². The molecule has 0 aliphatic rings. The normalized spacial score (nSPS) is 10.4. The molecule has 0 fully saturated rings. The van der Waals surface area contributed by atoms with Crippen LogP contribution in [0.4, 0.5) is 0 Å². The number of ether oxygens (including phenoxy) is 1. The van der Waals surface area contributed by atoms with Gasteiger partial charge in [0.25, 0.3) is 0 Å². The highest BCUT2D eigenvalue weighted by Gasteiger charge is 2.07. The zero-order chi connectivity index (χ0) is 11.7. The van der Waals surface area contributed by atoms with E-state index in [2.05, 4.69) is 0 Å². The van der Waals surface area contributed by atoms with Crippen molar-refractivity contribution in [3.8, 4) is 22.8 Å². The van der Waals surface area contributed by atoms with E-state index < -0.39 is 0 Å². The van der Waals surface area contributed by atoms with Crippen LogP contribution >= 0.6 is 23.6 Å². The number of hydrogen-bond acceptors (Lipinski definition) is 4. The van der Waals surface area contributed by atoms with E-state index in [1.807, 2.05) is 23.1 Å². The van der Waals surface area contributed by atoms with Gasteiger partial charge in [-0.3, -0.25) is 0 Å². The van der Waals surface area contributed by atoms with Gasteiger partial charge in [0.15, 0.2) is 15.5 Å². The van der Waals surface area contributed by atoms with Gasteiger partial charge in [-0.25, -0.2) is 0 Å². The van der Waals surface area contributed by atoms with Gasteiger partial charge in [-0.15, -0.1) is 11.3 Å². The fourth-order valence-corrected chi connectivity index (χ4v) is 2.47. The number of benzene rings is 1. The Kier molecular flexibility index (Phi) is 2.98. The van der Waals surface area contributed by atoms with Gasteiger partial charge in [-0.2, -0.15) is 0 Å². The summed E-state index contributed by atoms with van der Waals surface area (Å²) in [7, 11) is 3.46.